The van der Waals surface area contributed by atoms with Crippen molar-refractivity contribution in [3.63, 3.8) is 0 Å². The van der Waals surface area contributed by atoms with Gasteiger partial charge in [0.05, 0.1) is 29.0 Å². The molecule has 1 N–H and O–H groups in total. The van der Waals surface area contributed by atoms with Crippen LogP contribution in [0.3, 0.4) is 0 Å². The van der Waals surface area contributed by atoms with Crippen LogP contribution in [0.25, 0.3) is 15.9 Å². The van der Waals surface area contributed by atoms with E-state index in [9.17, 15) is 14.4 Å². The molecule has 0 spiro atoms. The Bertz CT molecular complexity index is 1300. The molecule has 148 valence electrons. The van der Waals surface area contributed by atoms with Crippen molar-refractivity contribution in [1.82, 2.24) is 14.4 Å². The van der Waals surface area contributed by atoms with Crippen LogP contribution in [0, 0.1) is 6.92 Å². The van der Waals surface area contributed by atoms with Gasteiger partial charge in [-0.2, -0.15) is 0 Å². The number of rotatable bonds is 5. The number of ether oxygens (including phenoxy) is 1. The largest absolute Gasteiger partial charge is 0.466 e. The van der Waals surface area contributed by atoms with Crippen LogP contribution >= 0.6 is 22.7 Å². The van der Waals surface area contributed by atoms with E-state index in [0.717, 1.165) is 16.9 Å². The van der Waals surface area contributed by atoms with Crippen molar-refractivity contribution < 1.29 is 14.3 Å². The molecule has 10 heteroatoms. The Kier molecular flexibility index (Phi) is 5.12. The van der Waals surface area contributed by atoms with E-state index in [2.05, 4.69) is 15.3 Å². The second-order valence-electron chi connectivity index (χ2n) is 6.21. The normalized spacial score (nSPS) is 11.1. The Morgan fingerprint density at radius 3 is 2.93 bits per heavy atom. The number of thiophene rings is 1. The number of aromatic nitrogens is 3. The molecule has 0 radical (unpaired) electrons. The number of hydrogen-bond donors (Lipinski definition) is 1. The highest BCUT2D eigenvalue weighted by atomic mass is 32.1. The molecule has 29 heavy (non-hydrogen) atoms. The van der Waals surface area contributed by atoms with Crippen molar-refractivity contribution in [2.24, 2.45) is 0 Å². The minimum atomic E-state index is -0.379. The van der Waals surface area contributed by atoms with E-state index < -0.39 is 0 Å². The average molecular weight is 428 g/mol. The molecule has 1 amide bonds. The van der Waals surface area contributed by atoms with Crippen LogP contribution in [0.15, 0.2) is 34.6 Å². The van der Waals surface area contributed by atoms with Crippen LogP contribution in [0.4, 0.5) is 5.13 Å². The third-order valence-corrected chi connectivity index (χ3v) is 5.99. The lowest BCUT2D eigenvalue weighted by Crippen LogP contribution is -2.14. The zero-order valence-electron chi connectivity index (χ0n) is 15.6. The van der Waals surface area contributed by atoms with E-state index in [1.165, 1.54) is 15.7 Å². The number of esters is 1. The van der Waals surface area contributed by atoms with Gasteiger partial charge in [-0.15, -0.1) is 22.7 Å². The van der Waals surface area contributed by atoms with Gasteiger partial charge in [-0.3, -0.25) is 24.1 Å². The summed E-state index contributed by atoms with van der Waals surface area (Å²) in [6, 6.07) is 5.21. The van der Waals surface area contributed by atoms with Crippen LogP contribution in [0.2, 0.25) is 0 Å². The minimum Gasteiger partial charge on any atom is -0.466 e. The standard InChI is InChI=1S/C19H16N4O4S2/c1-3-27-14(24)7-11-9-28-19(20-11)22-16(25)13-8-12-17(29-13)21-15-10(2)5-4-6-23(15)18(12)26/h4-6,8-9H,3,7H2,1-2H3,(H,20,22,25). The second kappa shape index (κ2) is 7.72. The van der Waals surface area contributed by atoms with Crippen molar-refractivity contribution in [1.29, 1.82) is 0 Å². The van der Waals surface area contributed by atoms with Crippen molar-refractivity contribution in [2.75, 3.05) is 11.9 Å². The summed E-state index contributed by atoms with van der Waals surface area (Å²) >= 11 is 2.37. The molecule has 0 atom stereocenters. The number of thiazole rings is 1. The molecule has 4 aromatic heterocycles. The molecule has 0 fully saturated rings. The zero-order chi connectivity index (χ0) is 20.5. The zero-order valence-corrected chi connectivity index (χ0v) is 17.2. The number of nitrogens with one attached hydrogen (secondary N) is 1. The van der Waals surface area contributed by atoms with Gasteiger partial charge in [-0.05, 0) is 31.5 Å². The van der Waals surface area contributed by atoms with Crippen molar-refractivity contribution >= 4 is 55.5 Å². The number of carbonyl (C=O) groups is 2. The SMILES string of the molecule is CCOC(=O)Cc1csc(NC(=O)c2cc3c(=O)n4cccc(C)c4nc3s2)n1. The summed E-state index contributed by atoms with van der Waals surface area (Å²) < 4.78 is 6.37. The van der Waals surface area contributed by atoms with Crippen molar-refractivity contribution in [3.8, 4) is 0 Å². The van der Waals surface area contributed by atoms with E-state index >= 15 is 0 Å². The molecule has 0 unspecified atom stereocenters. The van der Waals surface area contributed by atoms with Gasteiger partial charge >= 0.3 is 5.97 Å². The lowest BCUT2D eigenvalue weighted by atomic mass is 10.3. The van der Waals surface area contributed by atoms with Gasteiger partial charge in [0.1, 0.15) is 10.5 Å². The fourth-order valence-electron chi connectivity index (χ4n) is 2.83. The van der Waals surface area contributed by atoms with E-state index in [-0.39, 0.29) is 23.9 Å². The summed E-state index contributed by atoms with van der Waals surface area (Å²) in [7, 11) is 0. The van der Waals surface area contributed by atoms with Crippen LogP contribution in [-0.4, -0.2) is 32.9 Å². The minimum absolute atomic E-state index is 0.0513. The quantitative estimate of drug-likeness (QED) is 0.490. The molecule has 0 aliphatic carbocycles. The number of carbonyl (C=O) groups excluding carboxylic acids is 2. The number of fused-ring (bicyclic) bond motifs is 2. The first-order valence-corrected chi connectivity index (χ1v) is 10.5. The van der Waals surface area contributed by atoms with E-state index in [4.69, 9.17) is 4.74 Å². The Labute approximate surface area is 172 Å². The smallest absolute Gasteiger partial charge is 0.311 e. The molecular weight excluding hydrogens is 412 g/mol. The van der Waals surface area contributed by atoms with E-state index in [1.807, 2.05) is 13.0 Å². The summed E-state index contributed by atoms with van der Waals surface area (Å²) in [5, 5.41) is 5.17. The van der Waals surface area contributed by atoms with Gasteiger partial charge in [0.25, 0.3) is 11.5 Å². The first-order valence-electron chi connectivity index (χ1n) is 8.79. The molecule has 0 saturated heterocycles. The number of pyridine rings is 1. The number of amides is 1. The molecule has 8 nitrogen and oxygen atoms in total. The molecular formula is C19H16N4O4S2. The molecule has 4 aromatic rings. The Balaban J connectivity index is 1.59. The third kappa shape index (κ3) is 3.76. The topological polar surface area (TPSA) is 103 Å². The summed E-state index contributed by atoms with van der Waals surface area (Å²) in [6.07, 6.45) is 1.71. The highest BCUT2D eigenvalue weighted by molar-refractivity contribution is 7.20. The molecule has 0 aromatic carbocycles. The average Bonchev–Trinajstić information content (AvgIpc) is 3.30. The van der Waals surface area contributed by atoms with Crippen LogP contribution in [-0.2, 0) is 16.0 Å². The van der Waals surface area contributed by atoms with Gasteiger partial charge in [-0.1, -0.05) is 6.07 Å². The van der Waals surface area contributed by atoms with Gasteiger partial charge in [-0.25, -0.2) is 9.97 Å². The Hall–Kier alpha value is -3.11. The summed E-state index contributed by atoms with van der Waals surface area (Å²) in [5.74, 6) is -0.746. The van der Waals surface area contributed by atoms with Crippen LogP contribution in [0.1, 0.15) is 27.9 Å². The first-order chi connectivity index (χ1) is 14.0. The Morgan fingerprint density at radius 1 is 1.31 bits per heavy atom. The number of aryl methyl sites for hydroxylation is 1. The molecule has 4 heterocycles. The second-order valence-corrected chi connectivity index (χ2v) is 8.10. The van der Waals surface area contributed by atoms with Gasteiger partial charge in [0.2, 0.25) is 0 Å². The highest BCUT2D eigenvalue weighted by Gasteiger charge is 2.17. The molecule has 0 bridgehead atoms. The third-order valence-electron chi connectivity index (χ3n) is 4.16. The number of nitrogens with zero attached hydrogens (tertiary/aromatic N) is 3. The molecule has 0 aliphatic rings. The number of anilines is 1. The fraction of sp³-hybridized carbons (Fsp3) is 0.211. The maximum atomic E-state index is 12.7. The Morgan fingerprint density at radius 2 is 2.14 bits per heavy atom. The lowest BCUT2D eigenvalue weighted by Gasteiger charge is -2.02. The van der Waals surface area contributed by atoms with E-state index in [1.54, 1.807) is 30.6 Å². The van der Waals surface area contributed by atoms with Crippen molar-refractivity contribution in [2.45, 2.75) is 20.3 Å². The molecule has 4 rings (SSSR count). The van der Waals surface area contributed by atoms with Crippen molar-refractivity contribution in [3.05, 3.63) is 56.3 Å². The highest BCUT2D eigenvalue weighted by Crippen LogP contribution is 2.24. The monoisotopic (exact) mass is 428 g/mol. The summed E-state index contributed by atoms with van der Waals surface area (Å²) in [5.41, 5.74) is 1.77. The maximum absolute atomic E-state index is 12.7. The summed E-state index contributed by atoms with van der Waals surface area (Å²) in [4.78, 5) is 46.5. The lowest BCUT2D eigenvalue weighted by molar-refractivity contribution is -0.142. The number of hydrogen-bond acceptors (Lipinski definition) is 8. The van der Waals surface area contributed by atoms with Crippen LogP contribution in [0.5, 0.6) is 0 Å². The fourth-order valence-corrected chi connectivity index (χ4v) is 4.46. The van der Waals surface area contributed by atoms with Crippen LogP contribution < -0.4 is 10.9 Å². The first kappa shape index (κ1) is 19.2. The molecule has 0 saturated carbocycles. The van der Waals surface area contributed by atoms with Gasteiger partial charge in [0.15, 0.2) is 5.13 Å². The van der Waals surface area contributed by atoms with Gasteiger partial charge in [0, 0.05) is 11.6 Å². The van der Waals surface area contributed by atoms with Gasteiger partial charge < -0.3 is 4.74 Å². The molecule has 0 aliphatic heterocycles. The maximum Gasteiger partial charge on any atom is 0.311 e. The van der Waals surface area contributed by atoms with E-state index in [0.29, 0.717) is 38.2 Å². The predicted molar refractivity (Wildman–Crippen MR) is 112 cm³/mol. The summed E-state index contributed by atoms with van der Waals surface area (Å²) in [6.45, 7) is 3.92. The predicted octanol–water partition coefficient (Wildman–Crippen LogP) is 3.03.